The summed E-state index contributed by atoms with van der Waals surface area (Å²) >= 11 is 0. The molecule has 2 aliphatic rings. The number of Topliss-reactive ketones (excluding diaryl/α,β-unsaturated/α-hetero) is 1. The molecular formula is C58H76N6O6. The van der Waals surface area contributed by atoms with Gasteiger partial charge in [-0.1, -0.05) is 110 Å². The molecule has 70 heavy (non-hydrogen) atoms. The molecule has 3 amide bonds. The minimum absolute atomic E-state index is 0.0114. The molecule has 4 N–H and O–H groups in total. The molecule has 0 heterocycles. The number of benzene rings is 3. The summed E-state index contributed by atoms with van der Waals surface area (Å²) in [4.78, 5) is 56.9. The largest absolute Gasteiger partial charge is 0.871 e. The number of ketones is 1. The van der Waals surface area contributed by atoms with Crippen molar-refractivity contribution in [2.75, 3.05) is 28.6 Å². The van der Waals surface area contributed by atoms with Gasteiger partial charge in [-0.3, -0.25) is 24.6 Å². The second-order valence-electron chi connectivity index (χ2n) is 18.4. The third kappa shape index (κ3) is 14.3. The van der Waals surface area contributed by atoms with E-state index in [4.69, 9.17) is 10.1 Å². The average Bonchev–Trinajstić information content (AvgIpc) is 3.35. The van der Waals surface area contributed by atoms with Crippen LogP contribution in [-0.4, -0.2) is 53.3 Å². The Kier molecular flexibility index (Phi) is 21.4. The molecule has 12 nitrogen and oxygen atoms in total. The highest BCUT2D eigenvalue weighted by Crippen LogP contribution is 2.43. The van der Waals surface area contributed by atoms with Crippen molar-refractivity contribution in [3.05, 3.63) is 119 Å². The lowest BCUT2D eigenvalue weighted by atomic mass is 9.78. The third-order valence-corrected chi connectivity index (χ3v) is 13.2. The molecule has 0 saturated heterocycles. The summed E-state index contributed by atoms with van der Waals surface area (Å²) in [6.07, 6.45) is 18.7. The molecule has 0 bridgehead atoms. The number of unbranched alkanes of at least 4 members (excludes halogenated alkanes) is 6. The van der Waals surface area contributed by atoms with Crippen molar-refractivity contribution >= 4 is 69.6 Å². The van der Waals surface area contributed by atoms with E-state index >= 15 is 0 Å². The van der Waals surface area contributed by atoms with Gasteiger partial charge in [0.15, 0.2) is 12.2 Å². The fourth-order valence-electron chi connectivity index (χ4n) is 9.03. The van der Waals surface area contributed by atoms with E-state index < -0.39 is 11.5 Å². The Balaban J connectivity index is 1.67. The number of amides is 3. The second-order valence-corrected chi connectivity index (χ2v) is 18.4. The van der Waals surface area contributed by atoms with Gasteiger partial charge in [-0.2, -0.15) is 4.58 Å². The van der Waals surface area contributed by atoms with Crippen LogP contribution in [0.25, 0.3) is 5.57 Å². The van der Waals surface area contributed by atoms with Crippen molar-refractivity contribution in [3.8, 4) is 0 Å². The number of nitrogens with zero attached hydrogens (tertiary/aromatic N) is 2. The lowest BCUT2D eigenvalue weighted by Crippen LogP contribution is -2.36. The number of hydrogen-bond donors (Lipinski definition) is 4. The molecule has 0 radical (unpaired) electrons. The molecule has 5 rings (SSSR count). The molecule has 0 saturated carbocycles. The van der Waals surface area contributed by atoms with Crippen LogP contribution >= 0.6 is 0 Å². The Hall–Kier alpha value is -6.56. The fourth-order valence-corrected chi connectivity index (χ4v) is 9.03. The van der Waals surface area contributed by atoms with E-state index in [2.05, 4.69) is 53.1 Å². The van der Waals surface area contributed by atoms with Crippen LogP contribution in [-0.2, 0) is 30.5 Å². The lowest BCUT2D eigenvalue weighted by Gasteiger charge is -2.35. The monoisotopic (exact) mass is 953 g/mol. The summed E-state index contributed by atoms with van der Waals surface area (Å²) in [5, 5.41) is 31.2. The van der Waals surface area contributed by atoms with Gasteiger partial charge in [0.2, 0.25) is 29.1 Å². The number of anilines is 4. The maximum Gasteiger partial charge on any atom is 0.227 e. The molecule has 3 aromatic carbocycles. The minimum atomic E-state index is -0.455. The van der Waals surface area contributed by atoms with Gasteiger partial charge in [-0.15, -0.1) is 0 Å². The topological polar surface area (TPSA) is 167 Å². The number of carbonyl (C=O) groups excluding carboxylic acids is 4. The summed E-state index contributed by atoms with van der Waals surface area (Å²) in [6, 6.07) is 21.1. The van der Waals surface area contributed by atoms with Gasteiger partial charge in [-0.05, 0) is 86.6 Å². The summed E-state index contributed by atoms with van der Waals surface area (Å²) in [7, 11) is 0. The molecule has 2 aliphatic carbocycles. The molecule has 2 atom stereocenters. The number of rotatable bonds is 28. The molecular weight excluding hydrogens is 877 g/mol. The van der Waals surface area contributed by atoms with Crippen LogP contribution in [0.3, 0.4) is 0 Å². The number of carbonyl (C=O) groups is 4. The van der Waals surface area contributed by atoms with Gasteiger partial charge in [0.25, 0.3) is 0 Å². The van der Waals surface area contributed by atoms with Crippen molar-refractivity contribution < 1.29 is 33.6 Å². The summed E-state index contributed by atoms with van der Waals surface area (Å²) in [5.41, 5.74) is 6.44. The van der Waals surface area contributed by atoms with E-state index in [0.717, 1.165) is 105 Å². The van der Waals surface area contributed by atoms with Gasteiger partial charge < -0.3 is 30.7 Å². The van der Waals surface area contributed by atoms with Crippen LogP contribution < -0.4 is 26.0 Å². The normalized spacial score (nSPS) is 15.9. The lowest BCUT2D eigenvalue weighted by molar-refractivity contribution is -0.439. The van der Waals surface area contributed by atoms with Crippen LogP contribution in [0.4, 0.5) is 28.4 Å². The van der Waals surface area contributed by atoms with Crippen LogP contribution in [0.5, 0.6) is 0 Å². The zero-order valence-electron chi connectivity index (χ0n) is 42.7. The first-order chi connectivity index (χ1) is 33.9. The van der Waals surface area contributed by atoms with E-state index in [1.807, 2.05) is 86.7 Å². The molecule has 3 aromatic rings. The van der Waals surface area contributed by atoms with E-state index in [9.17, 15) is 24.3 Å². The van der Waals surface area contributed by atoms with Gasteiger partial charge >= 0.3 is 0 Å². The number of ether oxygens (including phenoxy) is 1. The maximum atomic E-state index is 14.8. The quantitative estimate of drug-likeness (QED) is 0.0185. The summed E-state index contributed by atoms with van der Waals surface area (Å²) in [5.74, 6) is -1.90. The Morgan fingerprint density at radius 2 is 1.34 bits per heavy atom. The van der Waals surface area contributed by atoms with Crippen LogP contribution in [0, 0.1) is 17.2 Å². The highest BCUT2D eigenvalue weighted by atomic mass is 16.5. The van der Waals surface area contributed by atoms with E-state index in [0.29, 0.717) is 60.6 Å². The summed E-state index contributed by atoms with van der Waals surface area (Å²) < 4.78 is 7.36. The van der Waals surface area contributed by atoms with Crippen LogP contribution in [0.15, 0.2) is 108 Å². The minimum Gasteiger partial charge on any atom is -0.871 e. The van der Waals surface area contributed by atoms with Crippen LogP contribution in [0.2, 0.25) is 0 Å². The third-order valence-electron chi connectivity index (χ3n) is 13.2. The molecule has 374 valence electrons. The molecule has 0 spiro atoms. The van der Waals surface area contributed by atoms with Gasteiger partial charge in [0.1, 0.15) is 13.2 Å². The highest BCUT2D eigenvalue weighted by Gasteiger charge is 2.36. The number of allylic oxidation sites excluding steroid dienone is 5. The Morgan fingerprint density at radius 3 is 1.93 bits per heavy atom. The Bertz CT molecular complexity index is 2460. The molecule has 0 aromatic heterocycles. The van der Waals surface area contributed by atoms with Crippen molar-refractivity contribution in [2.45, 2.75) is 145 Å². The smallest absolute Gasteiger partial charge is 0.227 e. The maximum absolute atomic E-state index is 14.8. The zero-order valence-corrected chi connectivity index (χ0v) is 42.7. The van der Waals surface area contributed by atoms with Crippen molar-refractivity contribution in [3.63, 3.8) is 0 Å². The molecule has 2 unspecified atom stereocenters. The van der Waals surface area contributed by atoms with Crippen molar-refractivity contribution in [1.29, 1.82) is 5.41 Å². The van der Waals surface area contributed by atoms with E-state index in [-0.39, 0.29) is 47.3 Å². The number of nitrogens with one attached hydrogen (secondary N) is 4. The zero-order chi connectivity index (χ0) is 50.6. The Morgan fingerprint density at radius 1 is 0.729 bits per heavy atom. The van der Waals surface area contributed by atoms with Gasteiger partial charge in [-0.25, -0.2) is 0 Å². The van der Waals surface area contributed by atoms with Crippen molar-refractivity contribution in [1.82, 2.24) is 5.32 Å². The van der Waals surface area contributed by atoms with Crippen molar-refractivity contribution in [2.24, 2.45) is 11.8 Å². The van der Waals surface area contributed by atoms with Crippen LogP contribution in [0.1, 0.15) is 149 Å². The SMILES string of the molecule is CCCCCN(c1ccc(COC=N)cc1)c1ccc(C2=C([O-])C(=C3C=CC(=[N+](CCCCC)c4ccc(NC(C)=O)cc4)C=C3NC(=O)C(CC)CCCC)C2=O)c(NC(=O)C(CC)CCCC)c1. The standard InChI is InChI=1S/C58H76N6O6/c1-8-14-18-34-63(45-26-22-41(23-27-45)38-70-39-59)47-30-32-49(51(36-47)61-57(68)42(12-5)20-16-10-3)53-55(66)54(56(53)67)50-33-31-48(37-52(50)62-58(69)43(13-6)21-17-11-4)64(35-19-15-9-2)46-28-24-44(25-29-46)60-40(7)65/h22-33,36-37,39,42-43,59H,8-21,34-35,38H2,1-7H3,(H3,60,61,62,65,66,67,68,69). The van der Waals surface area contributed by atoms with E-state index in [1.165, 1.54) is 6.92 Å². The first-order valence-electron chi connectivity index (χ1n) is 25.8. The van der Waals surface area contributed by atoms with E-state index in [1.54, 1.807) is 12.1 Å². The predicted octanol–water partition coefficient (Wildman–Crippen LogP) is 12.0. The molecule has 12 heteroatoms. The average molecular weight is 953 g/mol. The second kappa shape index (κ2) is 27.6. The molecule has 0 aliphatic heterocycles. The first-order valence-corrected chi connectivity index (χ1v) is 25.8. The van der Waals surface area contributed by atoms with Gasteiger partial charge in [0.05, 0.1) is 11.4 Å². The first kappa shape index (κ1) is 54.4. The highest BCUT2D eigenvalue weighted by molar-refractivity contribution is 6.40. The predicted molar refractivity (Wildman–Crippen MR) is 283 cm³/mol. The summed E-state index contributed by atoms with van der Waals surface area (Å²) in [6.45, 7) is 15.6. The fraction of sp³-hybridized carbons (Fsp3) is 0.448. The Labute approximate surface area is 416 Å². The molecule has 0 fully saturated rings. The van der Waals surface area contributed by atoms with Gasteiger partial charge in [0, 0.05) is 95.4 Å². The number of hydrogen-bond acceptors (Lipinski definition) is 8.